The Morgan fingerprint density at radius 3 is 1.55 bits per heavy atom. The summed E-state index contributed by atoms with van der Waals surface area (Å²) >= 11 is 0. The number of carbonyl (C=O) groups is 5. The molecule has 4 bridgehead atoms. The lowest BCUT2D eigenvalue weighted by molar-refractivity contribution is -0.301. The van der Waals surface area contributed by atoms with Crippen LogP contribution in [0.25, 0.3) is 0 Å². The molecule has 16 nitrogen and oxygen atoms in total. The van der Waals surface area contributed by atoms with Gasteiger partial charge < -0.3 is 52.4 Å². The second-order valence-corrected chi connectivity index (χ2v) is 21.1. The molecule has 16 heteroatoms. The summed E-state index contributed by atoms with van der Waals surface area (Å²) in [4.78, 5) is 69.7. The molecule has 9 aliphatic rings. The third-order valence-electron chi connectivity index (χ3n) is 17.4. The van der Waals surface area contributed by atoms with Gasteiger partial charge >= 0.3 is 29.8 Å². The highest BCUT2D eigenvalue weighted by molar-refractivity contribution is 5.95. The van der Waals surface area contributed by atoms with Gasteiger partial charge in [-0.15, -0.1) is 0 Å². The van der Waals surface area contributed by atoms with Crippen LogP contribution in [0.3, 0.4) is 0 Å². The highest BCUT2D eigenvalue weighted by atomic mass is 16.7. The zero-order chi connectivity index (χ0) is 49.4. The van der Waals surface area contributed by atoms with Gasteiger partial charge in [-0.3, -0.25) is 14.4 Å². The average Bonchev–Trinajstić information content (AvgIpc) is 3.88. The van der Waals surface area contributed by atoms with Crippen molar-refractivity contribution in [1.82, 2.24) is 9.80 Å². The molecule has 3 aromatic rings. The molecular weight excluding hydrogens is 913 g/mol. The average molecular weight is 971 g/mol. The minimum absolute atomic E-state index is 0.0572. The van der Waals surface area contributed by atoms with Crippen LogP contribution in [0.4, 0.5) is 0 Å². The second-order valence-electron chi connectivity index (χ2n) is 21.1. The molecule has 3 fully saturated rings. The molecule has 0 radical (unpaired) electrons. The van der Waals surface area contributed by atoms with Crippen LogP contribution >= 0.6 is 0 Å². The Hall–Kier alpha value is -6.07. The van der Waals surface area contributed by atoms with E-state index in [0.717, 1.165) is 61.0 Å². The monoisotopic (exact) mass is 970 g/mol. The fourth-order valence-electron chi connectivity index (χ4n) is 14.1. The van der Waals surface area contributed by atoms with E-state index in [1.165, 1.54) is 45.0 Å². The number of benzene rings is 3. The smallest absolute Gasteiger partial charge is 0.343 e. The first-order chi connectivity index (χ1) is 34.1. The molecule has 71 heavy (non-hydrogen) atoms. The van der Waals surface area contributed by atoms with Crippen LogP contribution in [-0.4, -0.2) is 128 Å². The van der Waals surface area contributed by atoms with Crippen molar-refractivity contribution < 1.29 is 66.6 Å². The quantitative estimate of drug-likeness (QED) is 0.112. The zero-order valence-corrected chi connectivity index (χ0v) is 40.8. The molecular formula is C55H58N2O14. The van der Waals surface area contributed by atoms with Crippen molar-refractivity contribution in [3.8, 4) is 23.0 Å². The standard InChI is InChI=1S/C55H58N2O14/c1-26-27(2)63-53(48(66-30(5)60)45(26)65-29(4)59)69-42-19-15-36-38-25-34-13-17-40(47-44(34)55(36,50(42)71-47)21-23-57(38)7)68-52(62)32-10-8-31(9-11-32)51(61)67-39-16-12-33-24-37-35-14-18-41(64-28(3)58)49-54(35,20-22-56(37)6)43(33)46(39)70-49/h8-19,26-27,35-38,41-42,45,48-50,53H,20-25H2,1-7H3/t26-,27?,35?,36?,37-,38-,41?,42?,45+,48?,49+,50+,53+,54+,55+/m1/s1. The highest BCUT2D eigenvalue weighted by Crippen LogP contribution is 2.64. The predicted octanol–water partition coefficient (Wildman–Crippen LogP) is 5.58. The molecule has 5 heterocycles. The third kappa shape index (κ3) is 6.94. The van der Waals surface area contributed by atoms with E-state index in [0.29, 0.717) is 11.5 Å². The fourth-order valence-corrected chi connectivity index (χ4v) is 14.1. The molecule has 372 valence electrons. The summed E-state index contributed by atoms with van der Waals surface area (Å²) < 4.78 is 56.5. The number of hydrogen-bond donors (Lipinski definition) is 0. The van der Waals surface area contributed by atoms with Gasteiger partial charge in [0.05, 0.1) is 17.2 Å². The largest absolute Gasteiger partial charge is 0.482 e. The Morgan fingerprint density at radius 2 is 1.06 bits per heavy atom. The maximum Gasteiger partial charge on any atom is 0.343 e. The molecule has 6 unspecified atom stereocenters. The second kappa shape index (κ2) is 16.8. The number of hydrogen-bond acceptors (Lipinski definition) is 16. The van der Waals surface area contributed by atoms with Crippen molar-refractivity contribution in [2.45, 2.75) is 132 Å². The van der Waals surface area contributed by atoms with Gasteiger partial charge in [0, 0.05) is 72.6 Å². The summed E-state index contributed by atoms with van der Waals surface area (Å²) in [5.41, 5.74) is 3.73. The van der Waals surface area contributed by atoms with E-state index in [4.69, 9.17) is 42.6 Å². The van der Waals surface area contributed by atoms with Crippen molar-refractivity contribution in [3.05, 3.63) is 106 Å². The van der Waals surface area contributed by atoms with Crippen LogP contribution < -0.4 is 18.9 Å². The number of likely N-dealkylation sites (N-methyl/N-ethyl adjacent to an activating group) is 2. The molecule has 0 aromatic heterocycles. The number of rotatable bonds is 9. The molecule has 12 rings (SSSR count). The normalized spacial score (nSPS) is 36.3. The Labute approximate surface area is 411 Å². The Morgan fingerprint density at radius 1 is 0.592 bits per heavy atom. The number of ether oxygens (including phenoxy) is 9. The van der Waals surface area contributed by atoms with Crippen LogP contribution in [0.5, 0.6) is 23.0 Å². The third-order valence-corrected chi connectivity index (χ3v) is 17.4. The van der Waals surface area contributed by atoms with Gasteiger partial charge in [-0.05, 0) is 113 Å². The maximum atomic E-state index is 14.1. The van der Waals surface area contributed by atoms with E-state index in [1.807, 2.05) is 38.1 Å². The highest BCUT2D eigenvalue weighted by Gasteiger charge is 2.67. The maximum absolute atomic E-state index is 14.1. The van der Waals surface area contributed by atoms with Crippen LogP contribution in [0.2, 0.25) is 0 Å². The molecule has 5 aliphatic heterocycles. The first-order valence-electron chi connectivity index (χ1n) is 24.9. The summed E-state index contributed by atoms with van der Waals surface area (Å²) in [6.07, 6.45) is 5.79. The van der Waals surface area contributed by atoms with Crippen molar-refractivity contribution in [1.29, 1.82) is 0 Å². The first kappa shape index (κ1) is 46.0. The van der Waals surface area contributed by atoms with Gasteiger partial charge in [0.15, 0.2) is 41.5 Å². The zero-order valence-electron chi connectivity index (χ0n) is 40.8. The van der Waals surface area contributed by atoms with Crippen LogP contribution in [-0.2, 0) is 61.7 Å². The Balaban J connectivity index is 0.794. The fraction of sp³-hybridized carbons (Fsp3) is 0.509. The van der Waals surface area contributed by atoms with Crippen molar-refractivity contribution >= 4 is 29.8 Å². The SMILES string of the molecule is CC(=O)OC1[C@H](OC2C=CC3[C@H]4Cc5ccc(OC(=O)c6ccc(C(=O)Oc7ccc8c9c7O[C@H]7C(OC(C)=O)C=CC%10[C@@H](C8)N(C)CC[C@@]9%107)cc6)c6c5[C@@]3(CCN4C)[C@H]2O6)OC(C)[C@@H](C)[C@@H]1OC(C)=O. The van der Waals surface area contributed by atoms with Gasteiger partial charge in [-0.2, -0.15) is 0 Å². The Bertz CT molecular complexity index is 2830. The Kier molecular flexibility index (Phi) is 10.9. The van der Waals surface area contributed by atoms with Gasteiger partial charge in [0.25, 0.3) is 0 Å². The molecule has 2 spiro atoms. The molecule has 4 aliphatic carbocycles. The van der Waals surface area contributed by atoms with Crippen LogP contribution in [0.15, 0.2) is 72.8 Å². The number of esters is 5. The van der Waals surface area contributed by atoms with E-state index in [2.05, 4.69) is 36.0 Å². The van der Waals surface area contributed by atoms with Crippen LogP contribution in [0.1, 0.15) is 90.4 Å². The summed E-state index contributed by atoms with van der Waals surface area (Å²) in [5, 5.41) is 0. The number of likely N-dealkylation sites (tertiary alicyclic amines) is 2. The lowest BCUT2D eigenvalue weighted by Crippen LogP contribution is -2.66. The summed E-state index contributed by atoms with van der Waals surface area (Å²) in [5.74, 6) is -1.30. The van der Waals surface area contributed by atoms with E-state index in [1.54, 1.807) is 12.1 Å². The lowest BCUT2D eigenvalue weighted by Gasteiger charge is -2.57. The van der Waals surface area contributed by atoms with Gasteiger partial charge in [0.1, 0.15) is 24.4 Å². The van der Waals surface area contributed by atoms with E-state index in [-0.39, 0.29) is 52.5 Å². The number of piperidine rings is 2. The van der Waals surface area contributed by atoms with Crippen molar-refractivity contribution in [2.24, 2.45) is 17.8 Å². The minimum Gasteiger partial charge on any atom is -0.482 e. The number of nitrogens with zero attached hydrogens (tertiary/aromatic N) is 2. The van der Waals surface area contributed by atoms with Gasteiger partial charge in [-0.1, -0.05) is 37.3 Å². The van der Waals surface area contributed by atoms with E-state index in [9.17, 15) is 24.0 Å². The molecule has 3 aromatic carbocycles. The van der Waals surface area contributed by atoms with Crippen LogP contribution in [0, 0.1) is 17.8 Å². The van der Waals surface area contributed by atoms with Gasteiger partial charge in [-0.25, -0.2) is 9.59 Å². The topological polar surface area (TPSA) is 175 Å². The minimum atomic E-state index is -1.09. The first-order valence-corrected chi connectivity index (χ1v) is 24.9. The molecule has 15 atom stereocenters. The molecule has 0 amide bonds. The molecule has 0 N–H and O–H groups in total. The lowest BCUT2D eigenvalue weighted by atomic mass is 9.53. The van der Waals surface area contributed by atoms with E-state index < -0.39 is 89.7 Å². The number of carbonyl (C=O) groups excluding carboxylic acids is 5. The van der Waals surface area contributed by atoms with E-state index >= 15 is 0 Å². The van der Waals surface area contributed by atoms with Crippen molar-refractivity contribution in [3.63, 3.8) is 0 Å². The summed E-state index contributed by atoms with van der Waals surface area (Å²) in [6.45, 7) is 9.41. The summed E-state index contributed by atoms with van der Waals surface area (Å²) in [7, 11) is 4.29. The molecule has 3 saturated heterocycles. The van der Waals surface area contributed by atoms with Crippen molar-refractivity contribution in [2.75, 3.05) is 27.2 Å². The predicted molar refractivity (Wildman–Crippen MR) is 251 cm³/mol. The molecule has 0 saturated carbocycles. The van der Waals surface area contributed by atoms with Gasteiger partial charge in [0.2, 0.25) is 0 Å². The summed E-state index contributed by atoms with van der Waals surface area (Å²) in [6, 6.07) is 14.2.